The van der Waals surface area contributed by atoms with Crippen LogP contribution in [0.3, 0.4) is 0 Å². The monoisotopic (exact) mass is 592 g/mol. The SMILES string of the molecule is COC1C(C(=O)N(c2cccc(Cl)c2)[C@H]2CCCC[C@@H]2O)OC(CO)C(O)C1n1cc(-c2cc(F)cc(F)c2)nn1. The lowest BCUT2D eigenvalue weighted by Crippen LogP contribution is -2.63. The molecule has 1 saturated heterocycles. The molecule has 3 N–H and O–H groups in total. The van der Waals surface area contributed by atoms with Gasteiger partial charge in [-0.25, -0.2) is 13.5 Å². The van der Waals surface area contributed by atoms with Gasteiger partial charge in [-0.2, -0.15) is 0 Å². The number of amides is 1. The van der Waals surface area contributed by atoms with Crippen LogP contribution in [-0.4, -0.2) is 86.5 Å². The molecule has 2 heterocycles. The number of hydrogen-bond donors (Lipinski definition) is 3. The summed E-state index contributed by atoms with van der Waals surface area (Å²) >= 11 is 6.26. The van der Waals surface area contributed by atoms with Crippen LogP contribution in [0.15, 0.2) is 48.7 Å². The fourth-order valence-corrected chi connectivity index (χ4v) is 5.94. The van der Waals surface area contributed by atoms with Gasteiger partial charge in [-0.1, -0.05) is 35.7 Å². The Balaban J connectivity index is 1.53. The molecule has 0 bridgehead atoms. The van der Waals surface area contributed by atoms with Crippen molar-refractivity contribution in [1.29, 1.82) is 0 Å². The molecule has 41 heavy (non-hydrogen) atoms. The number of aliphatic hydroxyl groups is 3. The van der Waals surface area contributed by atoms with E-state index in [9.17, 15) is 28.9 Å². The standard InChI is InChI=1S/C28H31ClF2N4O6/c1-40-26-24(34-13-20(32-33-34)15-9-17(30)12-18(31)10-15)25(38)23(14-36)41-27(26)28(39)35(19-6-4-5-16(29)11-19)21-7-2-3-8-22(21)37/h4-6,9-13,21-27,36-38H,2-3,7-8,14H2,1H3/t21-,22-,23?,24?,25?,26?,27?/m0/s1. The predicted molar refractivity (Wildman–Crippen MR) is 144 cm³/mol. The number of benzene rings is 2. The van der Waals surface area contributed by atoms with E-state index >= 15 is 0 Å². The van der Waals surface area contributed by atoms with E-state index in [0.29, 0.717) is 23.6 Å². The minimum atomic E-state index is -1.40. The number of rotatable bonds is 7. The van der Waals surface area contributed by atoms with E-state index in [1.54, 1.807) is 24.3 Å². The van der Waals surface area contributed by atoms with Crippen LogP contribution in [0.5, 0.6) is 0 Å². The molecule has 7 atom stereocenters. The summed E-state index contributed by atoms with van der Waals surface area (Å²) in [4.78, 5) is 15.8. The van der Waals surface area contributed by atoms with Crippen LogP contribution in [0.25, 0.3) is 11.3 Å². The van der Waals surface area contributed by atoms with E-state index < -0.39 is 66.8 Å². The number of hydrogen-bond acceptors (Lipinski definition) is 8. The fraction of sp³-hybridized carbons (Fsp3) is 0.464. The number of aromatic nitrogens is 3. The summed E-state index contributed by atoms with van der Waals surface area (Å²) in [7, 11) is 1.34. The Labute approximate surface area is 240 Å². The second-order valence-electron chi connectivity index (χ2n) is 10.3. The highest BCUT2D eigenvalue weighted by atomic mass is 35.5. The Morgan fingerprint density at radius 3 is 2.56 bits per heavy atom. The Bertz CT molecular complexity index is 1360. The highest BCUT2D eigenvalue weighted by molar-refractivity contribution is 6.31. The highest BCUT2D eigenvalue weighted by Crippen LogP contribution is 2.36. The van der Waals surface area contributed by atoms with Crippen LogP contribution in [0.1, 0.15) is 31.7 Å². The molecule has 10 nitrogen and oxygen atoms in total. The second-order valence-corrected chi connectivity index (χ2v) is 10.7. The summed E-state index contributed by atoms with van der Waals surface area (Å²) in [6.45, 7) is -0.627. The third kappa shape index (κ3) is 5.99. The smallest absolute Gasteiger partial charge is 0.259 e. The van der Waals surface area contributed by atoms with Gasteiger partial charge in [-0.05, 0) is 43.2 Å². The first kappa shape index (κ1) is 29.5. The molecule has 0 spiro atoms. The van der Waals surface area contributed by atoms with Crippen molar-refractivity contribution in [3.8, 4) is 11.3 Å². The zero-order valence-corrected chi connectivity index (χ0v) is 22.9. The third-order valence-corrected chi connectivity index (χ3v) is 7.94. The normalized spacial score (nSPS) is 28.4. The lowest BCUT2D eigenvalue weighted by Gasteiger charge is -2.46. The van der Waals surface area contributed by atoms with Crippen molar-refractivity contribution in [3.63, 3.8) is 0 Å². The van der Waals surface area contributed by atoms with Crippen molar-refractivity contribution in [2.75, 3.05) is 18.6 Å². The van der Waals surface area contributed by atoms with Gasteiger partial charge in [0.2, 0.25) is 0 Å². The van der Waals surface area contributed by atoms with Crippen LogP contribution in [0.4, 0.5) is 14.5 Å². The molecule has 2 aromatic carbocycles. The molecule has 1 saturated carbocycles. The van der Waals surface area contributed by atoms with E-state index in [0.717, 1.165) is 31.0 Å². The quantitative estimate of drug-likeness (QED) is 0.382. The minimum Gasteiger partial charge on any atom is -0.394 e. The summed E-state index contributed by atoms with van der Waals surface area (Å²) < 4.78 is 40.6. The third-order valence-electron chi connectivity index (χ3n) is 7.71. The number of carbonyl (C=O) groups excluding carboxylic acids is 1. The Kier molecular flexibility index (Phi) is 8.97. The summed E-state index contributed by atoms with van der Waals surface area (Å²) in [5.41, 5.74) is 0.687. The van der Waals surface area contributed by atoms with Crippen LogP contribution >= 0.6 is 11.6 Å². The Morgan fingerprint density at radius 2 is 1.90 bits per heavy atom. The maximum Gasteiger partial charge on any atom is 0.259 e. The van der Waals surface area contributed by atoms with Gasteiger partial charge in [0.1, 0.15) is 41.7 Å². The zero-order valence-electron chi connectivity index (χ0n) is 22.2. The van der Waals surface area contributed by atoms with E-state index in [-0.39, 0.29) is 11.3 Å². The maximum atomic E-state index is 14.3. The second kappa shape index (κ2) is 12.5. The molecule has 5 unspecified atom stereocenters. The van der Waals surface area contributed by atoms with E-state index in [2.05, 4.69) is 10.3 Å². The first-order chi connectivity index (χ1) is 19.7. The van der Waals surface area contributed by atoms with Gasteiger partial charge in [0.25, 0.3) is 5.91 Å². The Morgan fingerprint density at radius 1 is 1.17 bits per heavy atom. The average Bonchev–Trinajstić information content (AvgIpc) is 3.43. The van der Waals surface area contributed by atoms with Crippen molar-refractivity contribution in [1.82, 2.24) is 15.0 Å². The van der Waals surface area contributed by atoms with E-state index in [1.165, 1.54) is 22.9 Å². The van der Waals surface area contributed by atoms with Crippen LogP contribution in [0.2, 0.25) is 5.02 Å². The van der Waals surface area contributed by atoms with Gasteiger partial charge in [-0.15, -0.1) is 5.10 Å². The van der Waals surface area contributed by atoms with Crippen molar-refractivity contribution in [3.05, 3.63) is 65.3 Å². The van der Waals surface area contributed by atoms with Gasteiger partial charge in [0.15, 0.2) is 6.10 Å². The number of ether oxygens (including phenoxy) is 2. The molecule has 220 valence electrons. The Hall–Kier alpha value is -3.00. The van der Waals surface area contributed by atoms with Gasteiger partial charge in [0, 0.05) is 29.4 Å². The first-order valence-electron chi connectivity index (χ1n) is 13.3. The highest BCUT2D eigenvalue weighted by Gasteiger charge is 2.52. The van der Waals surface area contributed by atoms with Crippen molar-refractivity contribution < 1.29 is 38.4 Å². The summed E-state index contributed by atoms with van der Waals surface area (Å²) in [6.07, 6.45) is -1.85. The number of halogens is 3. The number of carbonyl (C=O) groups is 1. The number of methoxy groups -OCH3 is 1. The predicted octanol–water partition coefficient (Wildman–Crippen LogP) is 2.89. The topological polar surface area (TPSA) is 130 Å². The number of anilines is 1. The van der Waals surface area contributed by atoms with Crippen LogP contribution in [-0.2, 0) is 14.3 Å². The molecule has 1 aromatic heterocycles. The zero-order chi connectivity index (χ0) is 29.3. The molecule has 0 radical (unpaired) electrons. The average molecular weight is 593 g/mol. The fourth-order valence-electron chi connectivity index (χ4n) is 5.75. The molecule has 1 aliphatic heterocycles. The lowest BCUT2D eigenvalue weighted by atomic mass is 9.88. The van der Waals surface area contributed by atoms with Gasteiger partial charge in [-0.3, -0.25) is 4.79 Å². The molecular formula is C28H31ClF2N4O6. The number of nitrogens with zero attached hydrogens (tertiary/aromatic N) is 4. The molecule has 1 amide bonds. The molecular weight excluding hydrogens is 562 g/mol. The van der Waals surface area contributed by atoms with Crippen molar-refractivity contribution >= 4 is 23.2 Å². The number of aliphatic hydroxyl groups excluding tert-OH is 3. The largest absolute Gasteiger partial charge is 0.394 e. The molecule has 3 aromatic rings. The molecule has 5 rings (SSSR count). The summed E-state index contributed by atoms with van der Waals surface area (Å²) in [5, 5.41) is 40.6. The minimum absolute atomic E-state index is 0.117. The summed E-state index contributed by atoms with van der Waals surface area (Å²) in [6, 6.07) is 7.93. The van der Waals surface area contributed by atoms with Crippen LogP contribution < -0.4 is 4.90 Å². The van der Waals surface area contributed by atoms with Gasteiger partial charge >= 0.3 is 0 Å². The summed E-state index contributed by atoms with van der Waals surface area (Å²) in [5.74, 6) is -2.16. The molecule has 2 aliphatic rings. The van der Waals surface area contributed by atoms with Crippen LogP contribution in [0, 0.1) is 11.6 Å². The molecule has 1 aliphatic carbocycles. The lowest BCUT2D eigenvalue weighted by molar-refractivity contribution is -0.211. The molecule has 13 heteroatoms. The van der Waals surface area contributed by atoms with E-state index in [1.807, 2.05) is 0 Å². The van der Waals surface area contributed by atoms with Gasteiger partial charge in [0.05, 0.1) is 24.9 Å². The maximum absolute atomic E-state index is 14.3. The first-order valence-corrected chi connectivity index (χ1v) is 13.7. The van der Waals surface area contributed by atoms with Crippen molar-refractivity contribution in [2.45, 2.75) is 68.3 Å². The molecule has 2 fully saturated rings. The van der Waals surface area contributed by atoms with Gasteiger partial charge < -0.3 is 29.7 Å². The van der Waals surface area contributed by atoms with Crippen molar-refractivity contribution in [2.24, 2.45) is 0 Å². The van der Waals surface area contributed by atoms with E-state index in [4.69, 9.17) is 21.1 Å².